The van der Waals surface area contributed by atoms with Crippen LogP contribution in [0.3, 0.4) is 0 Å². The van der Waals surface area contributed by atoms with E-state index in [9.17, 15) is 53.1 Å². The van der Waals surface area contributed by atoms with Gasteiger partial charge in [-0.1, -0.05) is 97.1 Å². The highest BCUT2D eigenvalue weighted by molar-refractivity contribution is 5.98. The van der Waals surface area contributed by atoms with Gasteiger partial charge in [0.05, 0.1) is 12.5 Å². The van der Waals surface area contributed by atoms with Crippen molar-refractivity contribution in [1.82, 2.24) is 53.2 Å². The molecule has 26 heteroatoms. The highest BCUT2D eigenvalue weighted by Crippen LogP contribution is 2.13. The molecule has 1 aliphatic rings. The third-order valence-electron chi connectivity index (χ3n) is 13.5. The minimum atomic E-state index is -1.51. The van der Waals surface area contributed by atoms with E-state index >= 15 is 0 Å². The smallest absolute Gasteiger partial charge is 0.243 e. The molecule has 0 unspecified atom stereocenters. The highest BCUT2D eigenvalue weighted by atomic mass is 16.3. The maximum atomic E-state index is 14.4. The van der Waals surface area contributed by atoms with E-state index in [4.69, 9.17) is 28.7 Å². The van der Waals surface area contributed by atoms with Crippen LogP contribution >= 0.6 is 0 Å². The SMILES string of the molecule is CCCCCCC[C@@H](O)CC(=O)N[C@H](CCN)C(=O)N[C@H]1CCNC(=O)[C@H](CC(C)C)NC(=O)[C@H](CCN)NC(=O)[C@H](CCN)NC(=O)[C@H](Cc2ccccc2)NC(=O)[C@@H](CC(C)C)NC(=O)[C@H](CCN)NC(=O)[C@@H](CCN)NC1=O. The Morgan fingerprint density at radius 2 is 0.963 bits per heavy atom. The van der Waals surface area contributed by atoms with Gasteiger partial charge in [-0.25, -0.2) is 0 Å². The summed E-state index contributed by atoms with van der Waals surface area (Å²) in [5.74, 6) is -8.30. The molecule has 2 rings (SSSR count). The van der Waals surface area contributed by atoms with Crippen molar-refractivity contribution < 1.29 is 53.1 Å². The zero-order valence-corrected chi connectivity index (χ0v) is 48.3. The van der Waals surface area contributed by atoms with Gasteiger partial charge in [0.2, 0.25) is 59.1 Å². The van der Waals surface area contributed by atoms with Crippen molar-refractivity contribution in [3.05, 3.63) is 35.9 Å². The Bertz CT molecular complexity index is 2140. The summed E-state index contributed by atoms with van der Waals surface area (Å²) in [5, 5.41) is 37.3. The topological polar surface area (TPSA) is 441 Å². The summed E-state index contributed by atoms with van der Waals surface area (Å²) in [6.07, 6.45) is 3.05. The second-order valence-electron chi connectivity index (χ2n) is 21.6. The standard InChI is InChI=1S/C55H97N15O11/c1-6-7-8-9-13-16-36(71)32-46(72)62-37(17-23-56)48(74)67-42-22-28-61-47(73)43(29-33(2)3)68-51(77)40(20-26-59)63-50(76)39(19-25-58)66-55(81)45(31-35-14-11-10-12-15-35)70-54(80)44(30-34(4)5)69-52(78)41(21-27-60)64-49(75)38(18-24-57)65-53(42)79/h10-12,14-15,33-34,36-45,71H,6-9,13,16-32,56-60H2,1-5H3,(H,61,73)(H,62,72)(H,63,76)(H,64,75)(H,65,79)(H,66,81)(H,67,74)(H,68,77)(H,69,78)(H,70,80)/t36-,37-,38-,39+,40+,41+,42+,43+,44-,45+/m1/s1. The molecule has 81 heavy (non-hydrogen) atoms. The molecule has 1 aromatic rings. The molecule has 1 aliphatic heterocycles. The number of benzene rings is 1. The molecule has 0 bridgehead atoms. The molecule has 1 saturated heterocycles. The van der Waals surface area contributed by atoms with Gasteiger partial charge < -0.3 is 86.9 Å². The predicted molar refractivity (Wildman–Crippen MR) is 306 cm³/mol. The number of carbonyl (C=O) groups is 10. The minimum Gasteiger partial charge on any atom is -0.393 e. The Morgan fingerprint density at radius 3 is 1.42 bits per heavy atom. The van der Waals surface area contributed by atoms with Crippen LogP contribution in [0.5, 0.6) is 0 Å². The predicted octanol–water partition coefficient (Wildman–Crippen LogP) is -2.94. The number of hydrogen-bond acceptors (Lipinski definition) is 16. The van der Waals surface area contributed by atoms with Gasteiger partial charge in [-0.05, 0) is 108 Å². The Morgan fingerprint density at radius 1 is 0.543 bits per heavy atom. The van der Waals surface area contributed by atoms with Gasteiger partial charge in [-0.3, -0.25) is 47.9 Å². The van der Waals surface area contributed by atoms with Crippen LogP contribution in [0.2, 0.25) is 0 Å². The Kier molecular flexibility index (Phi) is 34.2. The van der Waals surface area contributed by atoms with E-state index in [0.29, 0.717) is 18.4 Å². The van der Waals surface area contributed by atoms with E-state index in [0.717, 1.165) is 25.7 Å². The number of hydrogen-bond donors (Lipinski definition) is 16. The lowest BCUT2D eigenvalue weighted by Gasteiger charge is -2.29. The summed E-state index contributed by atoms with van der Waals surface area (Å²) < 4.78 is 0. The Balaban J connectivity index is 2.73. The fourth-order valence-corrected chi connectivity index (χ4v) is 9.11. The zero-order valence-electron chi connectivity index (χ0n) is 48.3. The lowest BCUT2D eigenvalue weighted by molar-refractivity contribution is -0.136. The van der Waals surface area contributed by atoms with E-state index in [1.807, 2.05) is 27.7 Å². The first-order chi connectivity index (χ1) is 38.6. The summed E-state index contributed by atoms with van der Waals surface area (Å²) in [7, 11) is 0. The maximum Gasteiger partial charge on any atom is 0.243 e. The lowest BCUT2D eigenvalue weighted by atomic mass is 10.00. The first kappa shape index (κ1) is 70.8. The highest BCUT2D eigenvalue weighted by Gasteiger charge is 2.36. The molecule has 1 aromatic carbocycles. The molecular weight excluding hydrogens is 1050 g/mol. The van der Waals surface area contributed by atoms with Gasteiger partial charge in [0.25, 0.3) is 0 Å². The van der Waals surface area contributed by atoms with E-state index < -0.39 is 120 Å². The van der Waals surface area contributed by atoms with Crippen molar-refractivity contribution in [2.75, 3.05) is 39.3 Å². The number of amides is 10. The van der Waals surface area contributed by atoms with Crippen molar-refractivity contribution in [2.45, 2.75) is 198 Å². The van der Waals surface area contributed by atoms with Crippen molar-refractivity contribution in [3.63, 3.8) is 0 Å². The van der Waals surface area contributed by atoms with Crippen LogP contribution in [0.25, 0.3) is 0 Å². The van der Waals surface area contributed by atoms with Crippen molar-refractivity contribution in [2.24, 2.45) is 40.5 Å². The summed E-state index contributed by atoms with van der Waals surface area (Å²) in [6, 6.07) is -3.31. The molecule has 21 N–H and O–H groups in total. The second kappa shape index (κ2) is 39.2. The summed E-state index contributed by atoms with van der Waals surface area (Å²) in [5.41, 5.74) is 30.3. The molecule has 0 aliphatic carbocycles. The van der Waals surface area contributed by atoms with Crippen LogP contribution in [0, 0.1) is 11.8 Å². The van der Waals surface area contributed by atoms with Crippen LogP contribution in [0.1, 0.15) is 136 Å². The van der Waals surface area contributed by atoms with Gasteiger partial charge in [0, 0.05) is 13.0 Å². The molecule has 26 nitrogen and oxygen atoms in total. The van der Waals surface area contributed by atoms with Gasteiger partial charge in [0.1, 0.15) is 54.4 Å². The van der Waals surface area contributed by atoms with Gasteiger partial charge in [-0.2, -0.15) is 0 Å². The van der Waals surface area contributed by atoms with Gasteiger partial charge in [-0.15, -0.1) is 0 Å². The number of nitrogens with one attached hydrogen (secondary N) is 10. The number of unbranched alkanes of at least 4 members (excludes halogenated alkanes) is 4. The number of carbonyl (C=O) groups excluding carboxylic acids is 10. The molecule has 0 saturated carbocycles. The third-order valence-corrected chi connectivity index (χ3v) is 13.5. The van der Waals surface area contributed by atoms with Crippen LogP contribution in [0.15, 0.2) is 30.3 Å². The van der Waals surface area contributed by atoms with Crippen LogP contribution < -0.4 is 81.8 Å². The minimum absolute atomic E-state index is 0.0604. The van der Waals surface area contributed by atoms with Crippen molar-refractivity contribution in [3.8, 4) is 0 Å². The molecular formula is C55H97N15O11. The van der Waals surface area contributed by atoms with E-state index in [1.165, 1.54) is 0 Å². The molecule has 0 spiro atoms. The molecule has 1 heterocycles. The van der Waals surface area contributed by atoms with E-state index in [2.05, 4.69) is 60.1 Å². The Labute approximate surface area is 477 Å². The average molecular weight is 1140 g/mol. The fourth-order valence-electron chi connectivity index (χ4n) is 9.11. The molecule has 10 atom stereocenters. The fraction of sp³-hybridized carbons (Fsp3) is 0.709. The number of rotatable bonds is 27. The molecule has 1 fully saturated rings. The molecule has 458 valence electrons. The zero-order chi connectivity index (χ0) is 60.4. The first-order valence-corrected chi connectivity index (χ1v) is 28.8. The largest absolute Gasteiger partial charge is 0.393 e. The number of nitrogens with two attached hydrogens (primary N) is 5. The maximum absolute atomic E-state index is 14.4. The number of aliphatic hydroxyl groups is 1. The monoisotopic (exact) mass is 1140 g/mol. The van der Waals surface area contributed by atoms with Crippen molar-refractivity contribution >= 4 is 59.1 Å². The Hall–Kier alpha value is -6.32. The summed E-state index contributed by atoms with van der Waals surface area (Å²) in [6.45, 7) is 8.53. The van der Waals surface area contributed by atoms with Crippen LogP contribution in [-0.2, 0) is 54.4 Å². The molecule has 10 amide bonds. The second-order valence-corrected chi connectivity index (χ2v) is 21.6. The number of aliphatic hydroxyl groups excluding tert-OH is 1. The molecule has 0 aromatic heterocycles. The quantitative estimate of drug-likeness (QED) is 0.0392. The third kappa shape index (κ3) is 27.3. The van der Waals surface area contributed by atoms with E-state index in [1.54, 1.807) is 30.3 Å². The van der Waals surface area contributed by atoms with E-state index in [-0.39, 0.29) is 115 Å². The van der Waals surface area contributed by atoms with Gasteiger partial charge in [0.15, 0.2) is 0 Å². The first-order valence-electron chi connectivity index (χ1n) is 28.8. The molecule has 0 radical (unpaired) electrons. The van der Waals surface area contributed by atoms with Crippen LogP contribution in [0.4, 0.5) is 0 Å². The summed E-state index contributed by atoms with van der Waals surface area (Å²) >= 11 is 0. The van der Waals surface area contributed by atoms with Gasteiger partial charge >= 0.3 is 0 Å². The van der Waals surface area contributed by atoms with Crippen molar-refractivity contribution in [1.29, 1.82) is 0 Å². The average Bonchev–Trinajstić information content (AvgIpc) is 3.40. The summed E-state index contributed by atoms with van der Waals surface area (Å²) in [4.78, 5) is 141. The normalized spacial score (nSPS) is 23.4. The lowest BCUT2D eigenvalue weighted by Crippen LogP contribution is -2.61. The van der Waals surface area contributed by atoms with Crippen LogP contribution in [-0.4, -0.2) is 164 Å².